The number of aliphatic hydroxyl groups is 1. The molecule has 1 rings (SSSR count). The Bertz CT molecular complexity index is 274. The van der Waals surface area contributed by atoms with E-state index in [1.54, 1.807) is 0 Å². The van der Waals surface area contributed by atoms with E-state index >= 15 is 0 Å². The van der Waals surface area contributed by atoms with E-state index < -0.39 is 0 Å². The number of rotatable bonds is 10. The molecule has 2 atom stereocenters. The van der Waals surface area contributed by atoms with Crippen molar-refractivity contribution in [3.63, 3.8) is 0 Å². The predicted octanol–water partition coefficient (Wildman–Crippen LogP) is 3.73. The van der Waals surface area contributed by atoms with Crippen molar-refractivity contribution in [2.75, 3.05) is 6.54 Å². The number of nitrogens with zero attached hydrogens (tertiary/aromatic N) is 2. The molecule has 0 amide bonds. The van der Waals surface area contributed by atoms with Crippen LogP contribution in [0.2, 0.25) is 0 Å². The van der Waals surface area contributed by atoms with Gasteiger partial charge in [-0.2, -0.15) is 0 Å². The van der Waals surface area contributed by atoms with Crippen molar-refractivity contribution in [1.82, 2.24) is 4.90 Å². The zero-order valence-corrected chi connectivity index (χ0v) is 12.6. The molecule has 110 valence electrons. The molecule has 0 saturated heterocycles. The first-order chi connectivity index (χ1) is 9.25. The molecule has 1 N–H and O–H groups in total. The van der Waals surface area contributed by atoms with Crippen LogP contribution in [0.4, 0.5) is 0 Å². The Morgan fingerprint density at radius 1 is 1.26 bits per heavy atom. The molecule has 3 heteroatoms. The van der Waals surface area contributed by atoms with Gasteiger partial charge >= 0.3 is 0 Å². The minimum Gasteiger partial charge on any atom is -0.379 e. The first kappa shape index (κ1) is 16.4. The molecule has 3 nitrogen and oxygen atoms in total. The van der Waals surface area contributed by atoms with E-state index in [0.717, 1.165) is 13.0 Å². The summed E-state index contributed by atoms with van der Waals surface area (Å²) in [4.78, 5) is 6.47. The summed E-state index contributed by atoms with van der Waals surface area (Å²) in [6.45, 7) is 4.85. The molecule has 0 aromatic heterocycles. The lowest BCUT2D eigenvalue weighted by Gasteiger charge is -2.25. The Labute approximate surface area is 118 Å². The van der Waals surface area contributed by atoms with Crippen LogP contribution in [0.15, 0.2) is 17.1 Å². The first-order valence-electron chi connectivity index (χ1n) is 7.86. The molecule has 0 aromatic rings. The summed E-state index contributed by atoms with van der Waals surface area (Å²) in [5, 5.41) is 9.60. The Kier molecular flexibility index (Phi) is 8.76. The third-order valence-corrected chi connectivity index (χ3v) is 3.66. The summed E-state index contributed by atoms with van der Waals surface area (Å²) in [6, 6.07) is 0. The van der Waals surface area contributed by atoms with Crippen molar-refractivity contribution in [2.45, 2.75) is 77.6 Å². The van der Waals surface area contributed by atoms with Crippen molar-refractivity contribution in [3.05, 3.63) is 12.2 Å². The molecule has 1 heterocycles. The number of unbranched alkanes of at least 4 members (excludes halogenated alkanes) is 5. The van der Waals surface area contributed by atoms with Gasteiger partial charge in [0.25, 0.3) is 0 Å². The highest BCUT2D eigenvalue weighted by Gasteiger charge is 2.23. The molecule has 0 aromatic carbocycles. The minimum atomic E-state index is -0.383. The van der Waals surface area contributed by atoms with E-state index in [9.17, 15) is 5.11 Å². The van der Waals surface area contributed by atoms with Crippen molar-refractivity contribution >= 4 is 6.21 Å². The molecule has 2 unspecified atom stereocenters. The summed E-state index contributed by atoms with van der Waals surface area (Å²) < 4.78 is 0. The Morgan fingerprint density at radius 3 is 2.58 bits per heavy atom. The van der Waals surface area contributed by atoms with E-state index in [2.05, 4.69) is 24.1 Å². The summed E-state index contributed by atoms with van der Waals surface area (Å²) in [5.74, 6) is 0. The highest BCUT2D eigenvalue weighted by atomic mass is 16.3. The summed E-state index contributed by atoms with van der Waals surface area (Å²) >= 11 is 0. The molecule has 0 fully saturated rings. The quantitative estimate of drug-likeness (QED) is 0.483. The van der Waals surface area contributed by atoms with Crippen molar-refractivity contribution in [3.8, 4) is 0 Å². The molecule has 0 saturated carbocycles. The fraction of sp³-hybridized carbons (Fsp3) is 0.812. The van der Waals surface area contributed by atoms with Crippen LogP contribution in [0, 0.1) is 0 Å². The van der Waals surface area contributed by atoms with Crippen LogP contribution in [-0.2, 0) is 0 Å². The second-order valence-corrected chi connectivity index (χ2v) is 5.39. The van der Waals surface area contributed by atoms with Gasteiger partial charge < -0.3 is 5.11 Å². The average Bonchev–Trinajstić information content (AvgIpc) is 2.85. The van der Waals surface area contributed by atoms with E-state index in [-0.39, 0.29) is 12.4 Å². The Morgan fingerprint density at radius 2 is 1.95 bits per heavy atom. The lowest BCUT2D eigenvalue weighted by Crippen LogP contribution is -2.37. The van der Waals surface area contributed by atoms with Crippen molar-refractivity contribution in [2.24, 2.45) is 4.99 Å². The average molecular weight is 266 g/mol. The second kappa shape index (κ2) is 10.2. The normalized spacial score (nSPS) is 21.5. The highest BCUT2D eigenvalue weighted by Crippen LogP contribution is 2.16. The van der Waals surface area contributed by atoms with Crippen molar-refractivity contribution < 1.29 is 5.11 Å². The maximum absolute atomic E-state index is 9.60. The van der Waals surface area contributed by atoms with E-state index in [1.165, 1.54) is 44.9 Å². The zero-order valence-electron chi connectivity index (χ0n) is 12.6. The van der Waals surface area contributed by atoms with Crippen LogP contribution in [0.1, 0.15) is 65.2 Å². The maximum atomic E-state index is 9.60. The van der Waals surface area contributed by atoms with Crippen LogP contribution in [0.3, 0.4) is 0 Å². The molecule has 1 aliphatic heterocycles. The van der Waals surface area contributed by atoms with E-state index in [4.69, 9.17) is 0 Å². The van der Waals surface area contributed by atoms with Gasteiger partial charge in [0.1, 0.15) is 12.4 Å². The molecule has 0 radical (unpaired) electrons. The molecular formula is C16H30N2O. The SMILES string of the molecule is CCCCC/C=C/CCCCC1N=CCN1C(C)O. The van der Waals surface area contributed by atoms with Gasteiger partial charge in [-0.1, -0.05) is 31.9 Å². The first-order valence-corrected chi connectivity index (χ1v) is 7.86. The number of hydrogen-bond acceptors (Lipinski definition) is 3. The largest absolute Gasteiger partial charge is 0.379 e. The molecule has 1 aliphatic rings. The summed E-state index contributed by atoms with van der Waals surface area (Å²) in [7, 11) is 0. The van der Waals surface area contributed by atoms with Gasteiger partial charge in [-0.25, -0.2) is 0 Å². The Balaban J connectivity index is 2.00. The third kappa shape index (κ3) is 6.88. The number of aliphatic imine (C=N–C) groups is 1. The standard InChI is InChI=1S/C16H30N2O/c1-3-4-5-6-7-8-9-10-11-12-16-17-13-14-18(16)15(2)19/h7-8,13,15-16,19H,3-6,9-12,14H2,1-2H3/b8-7+. The highest BCUT2D eigenvalue weighted by molar-refractivity contribution is 5.62. The lowest BCUT2D eigenvalue weighted by molar-refractivity contribution is 0.00715. The monoisotopic (exact) mass is 266 g/mol. The van der Waals surface area contributed by atoms with Crippen LogP contribution >= 0.6 is 0 Å². The van der Waals surface area contributed by atoms with Gasteiger partial charge in [-0.05, 0) is 45.4 Å². The molecule has 0 spiro atoms. The van der Waals surface area contributed by atoms with Crippen LogP contribution in [0.5, 0.6) is 0 Å². The fourth-order valence-corrected chi connectivity index (χ4v) is 2.45. The lowest BCUT2D eigenvalue weighted by atomic mass is 10.1. The summed E-state index contributed by atoms with van der Waals surface area (Å²) in [5.41, 5.74) is 0. The zero-order chi connectivity index (χ0) is 13.9. The second-order valence-electron chi connectivity index (χ2n) is 5.39. The van der Waals surface area contributed by atoms with Crippen LogP contribution < -0.4 is 0 Å². The van der Waals surface area contributed by atoms with Gasteiger partial charge in [-0.15, -0.1) is 0 Å². The number of aliphatic hydroxyl groups excluding tert-OH is 1. The van der Waals surface area contributed by atoms with Gasteiger partial charge in [-0.3, -0.25) is 9.89 Å². The predicted molar refractivity (Wildman–Crippen MR) is 82.4 cm³/mol. The number of hydrogen-bond donors (Lipinski definition) is 1. The molecule has 0 bridgehead atoms. The third-order valence-electron chi connectivity index (χ3n) is 3.66. The van der Waals surface area contributed by atoms with Gasteiger partial charge in [0.2, 0.25) is 0 Å². The number of allylic oxidation sites excluding steroid dienone is 2. The fourth-order valence-electron chi connectivity index (χ4n) is 2.45. The minimum absolute atomic E-state index is 0.202. The van der Waals surface area contributed by atoms with Gasteiger partial charge in [0.05, 0.1) is 0 Å². The molecule has 19 heavy (non-hydrogen) atoms. The molecular weight excluding hydrogens is 236 g/mol. The van der Waals surface area contributed by atoms with Gasteiger partial charge in [0.15, 0.2) is 0 Å². The van der Waals surface area contributed by atoms with Gasteiger partial charge in [0, 0.05) is 12.8 Å². The van der Waals surface area contributed by atoms with E-state index in [0.29, 0.717) is 0 Å². The Hall–Kier alpha value is -0.670. The smallest absolute Gasteiger partial charge is 0.106 e. The topological polar surface area (TPSA) is 35.8 Å². The van der Waals surface area contributed by atoms with Crippen LogP contribution in [0.25, 0.3) is 0 Å². The van der Waals surface area contributed by atoms with E-state index in [1.807, 2.05) is 18.0 Å². The van der Waals surface area contributed by atoms with Crippen LogP contribution in [-0.4, -0.2) is 35.2 Å². The van der Waals surface area contributed by atoms with Crippen molar-refractivity contribution in [1.29, 1.82) is 0 Å². The molecule has 0 aliphatic carbocycles. The maximum Gasteiger partial charge on any atom is 0.106 e. The summed E-state index contributed by atoms with van der Waals surface area (Å²) in [6.07, 6.45) is 16.2.